The summed E-state index contributed by atoms with van der Waals surface area (Å²) >= 11 is 0. The Labute approximate surface area is 112 Å². The molecule has 1 aliphatic heterocycles. The molecular weight excluding hydrogens is 241 g/mol. The number of aryl methyl sites for hydroxylation is 1. The minimum absolute atomic E-state index is 0.0661. The van der Waals surface area contributed by atoms with Crippen molar-refractivity contribution in [2.75, 3.05) is 11.9 Å². The summed E-state index contributed by atoms with van der Waals surface area (Å²) in [5.74, 6) is 0.604. The molecule has 1 aliphatic rings. The van der Waals surface area contributed by atoms with Crippen molar-refractivity contribution in [2.24, 2.45) is 0 Å². The zero-order valence-electron chi connectivity index (χ0n) is 10.8. The van der Waals surface area contributed by atoms with Crippen molar-refractivity contribution in [3.05, 3.63) is 59.4 Å². The topological polar surface area (TPSA) is 21.3 Å². The summed E-state index contributed by atoms with van der Waals surface area (Å²) in [7, 11) is 0. The molecule has 19 heavy (non-hydrogen) atoms. The molecule has 0 aromatic heterocycles. The Kier molecular flexibility index (Phi) is 3.11. The Morgan fingerprint density at radius 2 is 2.11 bits per heavy atom. The first-order valence-electron chi connectivity index (χ1n) is 6.47. The minimum Gasteiger partial charge on any atom is -0.488 e. The molecule has 1 atom stereocenters. The highest BCUT2D eigenvalue weighted by molar-refractivity contribution is 5.50. The highest BCUT2D eigenvalue weighted by Crippen LogP contribution is 2.29. The van der Waals surface area contributed by atoms with E-state index < -0.39 is 0 Å². The highest BCUT2D eigenvalue weighted by atomic mass is 19.1. The smallest absolute Gasteiger partial charge is 0.123 e. The summed E-state index contributed by atoms with van der Waals surface area (Å²) < 4.78 is 18.9. The van der Waals surface area contributed by atoms with E-state index in [0.717, 1.165) is 30.0 Å². The molecule has 0 amide bonds. The summed E-state index contributed by atoms with van der Waals surface area (Å²) in [6.07, 6.45) is 0.822. The third-order valence-corrected chi connectivity index (χ3v) is 3.43. The van der Waals surface area contributed by atoms with Gasteiger partial charge in [-0.3, -0.25) is 0 Å². The Balaban J connectivity index is 1.63. The van der Waals surface area contributed by atoms with E-state index in [0.29, 0.717) is 0 Å². The van der Waals surface area contributed by atoms with E-state index in [1.165, 1.54) is 11.6 Å². The van der Waals surface area contributed by atoms with Crippen LogP contribution in [-0.2, 0) is 6.42 Å². The molecule has 1 heterocycles. The highest BCUT2D eigenvalue weighted by Gasteiger charge is 2.22. The Hall–Kier alpha value is -2.03. The molecule has 0 saturated heterocycles. The fourth-order valence-corrected chi connectivity index (χ4v) is 2.40. The molecule has 1 unspecified atom stereocenters. The number of ether oxygens (including phenoxy) is 1. The number of hydrogen-bond donors (Lipinski definition) is 1. The number of benzene rings is 2. The number of fused-ring (bicyclic) bond motifs is 1. The summed E-state index contributed by atoms with van der Waals surface area (Å²) in [6.45, 7) is 2.79. The third kappa shape index (κ3) is 2.55. The van der Waals surface area contributed by atoms with Gasteiger partial charge in [-0.2, -0.15) is 0 Å². The minimum atomic E-state index is -0.199. The van der Waals surface area contributed by atoms with Gasteiger partial charge in [0, 0.05) is 17.7 Å². The second kappa shape index (κ2) is 4.92. The van der Waals surface area contributed by atoms with Gasteiger partial charge in [0.25, 0.3) is 0 Å². The molecule has 0 bridgehead atoms. The quantitative estimate of drug-likeness (QED) is 0.908. The van der Waals surface area contributed by atoms with Crippen LogP contribution in [0.3, 0.4) is 0 Å². The summed E-state index contributed by atoms with van der Waals surface area (Å²) in [5.41, 5.74) is 3.29. The lowest BCUT2D eigenvalue weighted by Gasteiger charge is -2.14. The number of halogens is 1. The van der Waals surface area contributed by atoms with E-state index in [1.54, 1.807) is 12.1 Å². The van der Waals surface area contributed by atoms with Crippen molar-refractivity contribution in [3.63, 3.8) is 0 Å². The molecule has 98 valence electrons. The van der Waals surface area contributed by atoms with E-state index in [4.69, 9.17) is 4.74 Å². The predicted octanol–water partition coefficient (Wildman–Crippen LogP) is 3.55. The molecule has 2 nitrogen and oxygen atoms in total. The van der Waals surface area contributed by atoms with Crippen LogP contribution in [0.2, 0.25) is 0 Å². The van der Waals surface area contributed by atoms with E-state index in [-0.39, 0.29) is 11.9 Å². The molecule has 0 radical (unpaired) electrons. The monoisotopic (exact) mass is 257 g/mol. The molecule has 2 aromatic carbocycles. The van der Waals surface area contributed by atoms with Gasteiger partial charge >= 0.3 is 0 Å². The van der Waals surface area contributed by atoms with Crippen LogP contribution in [0.4, 0.5) is 10.1 Å². The van der Waals surface area contributed by atoms with Crippen LogP contribution < -0.4 is 10.1 Å². The third-order valence-electron chi connectivity index (χ3n) is 3.43. The molecule has 3 rings (SSSR count). The zero-order chi connectivity index (χ0) is 13.2. The van der Waals surface area contributed by atoms with Crippen molar-refractivity contribution in [1.29, 1.82) is 0 Å². The van der Waals surface area contributed by atoms with Crippen LogP contribution in [-0.4, -0.2) is 12.6 Å². The van der Waals surface area contributed by atoms with Gasteiger partial charge in [-0.05, 0) is 36.8 Å². The van der Waals surface area contributed by atoms with Gasteiger partial charge in [-0.25, -0.2) is 4.39 Å². The lowest BCUT2D eigenvalue weighted by atomic mass is 10.1. The lowest BCUT2D eigenvalue weighted by molar-refractivity contribution is 0.246. The average molecular weight is 257 g/mol. The van der Waals surface area contributed by atoms with E-state index in [1.807, 2.05) is 12.1 Å². The summed E-state index contributed by atoms with van der Waals surface area (Å²) in [5, 5.41) is 3.39. The van der Waals surface area contributed by atoms with Crippen molar-refractivity contribution >= 4 is 5.69 Å². The SMILES string of the molecule is Cc1ccccc1NCC1Cc2cc(F)ccc2O1. The van der Waals surface area contributed by atoms with Crippen LogP contribution >= 0.6 is 0 Å². The molecule has 1 N–H and O–H groups in total. The van der Waals surface area contributed by atoms with E-state index in [9.17, 15) is 4.39 Å². The largest absolute Gasteiger partial charge is 0.488 e. The maximum Gasteiger partial charge on any atom is 0.123 e. The standard InChI is InChI=1S/C16H16FNO/c1-11-4-2-3-5-15(11)18-10-14-9-12-8-13(17)6-7-16(12)19-14/h2-8,14,18H,9-10H2,1H3. The molecule has 2 aromatic rings. The van der Waals surface area contributed by atoms with Crippen molar-refractivity contribution in [2.45, 2.75) is 19.4 Å². The Morgan fingerprint density at radius 3 is 2.95 bits per heavy atom. The molecule has 3 heteroatoms. The zero-order valence-corrected chi connectivity index (χ0v) is 10.8. The molecular formula is C16H16FNO. The fourth-order valence-electron chi connectivity index (χ4n) is 2.40. The van der Waals surface area contributed by atoms with Gasteiger partial charge in [0.2, 0.25) is 0 Å². The first-order chi connectivity index (χ1) is 9.22. The number of nitrogens with one attached hydrogen (secondary N) is 1. The van der Waals surface area contributed by atoms with Crippen LogP contribution in [0.5, 0.6) is 5.75 Å². The van der Waals surface area contributed by atoms with Gasteiger partial charge in [-0.15, -0.1) is 0 Å². The predicted molar refractivity (Wildman–Crippen MR) is 74.2 cm³/mol. The fraction of sp³-hybridized carbons (Fsp3) is 0.250. The normalized spacial score (nSPS) is 16.8. The van der Waals surface area contributed by atoms with Gasteiger partial charge < -0.3 is 10.1 Å². The summed E-state index contributed by atoms with van der Waals surface area (Å²) in [6, 6.07) is 12.9. The second-order valence-corrected chi connectivity index (χ2v) is 4.89. The van der Waals surface area contributed by atoms with Crippen molar-refractivity contribution in [1.82, 2.24) is 0 Å². The van der Waals surface area contributed by atoms with Crippen LogP contribution in [0.15, 0.2) is 42.5 Å². The van der Waals surface area contributed by atoms with Crippen LogP contribution in [0, 0.1) is 12.7 Å². The Bertz CT molecular complexity index is 597. The van der Waals surface area contributed by atoms with Gasteiger partial charge in [0.1, 0.15) is 17.7 Å². The van der Waals surface area contributed by atoms with E-state index >= 15 is 0 Å². The molecule has 0 saturated carbocycles. The van der Waals surface area contributed by atoms with E-state index in [2.05, 4.69) is 24.4 Å². The summed E-state index contributed by atoms with van der Waals surface area (Å²) in [4.78, 5) is 0. The Morgan fingerprint density at radius 1 is 1.26 bits per heavy atom. The molecule has 0 aliphatic carbocycles. The van der Waals surface area contributed by atoms with Gasteiger partial charge in [0.15, 0.2) is 0 Å². The number of hydrogen-bond acceptors (Lipinski definition) is 2. The average Bonchev–Trinajstić information content (AvgIpc) is 2.79. The van der Waals surface area contributed by atoms with Crippen LogP contribution in [0.25, 0.3) is 0 Å². The van der Waals surface area contributed by atoms with Gasteiger partial charge in [0.05, 0.1) is 6.54 Å². The maximum absolute atomic E-state index is 13.1. The number of anilines is 1. The van der Waals surface area contributed by atoms with Crippen molar-refractivity contribution in [3.8, 4) is 5.75 Å². The number of rotatable bonds is 3. The van der Waals surface area contributed by atoms with Crippen LogP contribution in [0.1, 0.15) is 11.1 Å². The van der Waals surface area contributed by atoms with Crippen molar-refractivity contribution < 1.29 is 9.13 Å². The first-order valence-corrected chi connectivity index (χ1v) is 6.47. The maximum atomic E-state index is 13.1. The molecule has 0 spiro atoms. The lowest BCUT2D eigenvalue weighted by Crippen LogP contribution is -2.24. The first kappa shape index (κ1) is 12.0. The second-order valence-electron chi connectivity index (χ2n) is 4.89. The number of para-hydroxylation sites is 1. The van der Waals surface area contributed by atoms with Gasteiger partial charge in [-0.1, -0.05) is 18.2 Å². The molecule has 0 fully saturated rings.